The molecular formula is C21H19N3O3. The lowest BCUT2D eigenvalue weighted by atomic mass is 10.0. The predicted molar refractivity (Wildman–Crippen MR) is 101 cm³/mol. The molecule has 1 aliphatic rings. The van der Waals surface area contributed by atoms with Gasteiger partial charge >= 0.3 is 0 Å². The van der Waals surface area contributed by atoms with Crippen molar-refractivity contribution in [3.63, 3.8) is 0 Å². The summed E-state index contributed by atoms with van der Waals surface area (Å²) in [5.41, 5.74) is 2.03. The van der Waals surface area contributed by atoms with Gasteiger partial charge in [0.05, 0.1) is 28.5 Å². The van der Waals surface area contributed by atoms with Crippen molar-refractivity contribution in [2.45, 2.75) is 6.54 Å². The molecule has 6 nitrogen and oxygen atoms in total. The van der Waals surface area contributed by atoms with Crippen LogP contribution < -0.4 is 9.47 Å². The van der Waals surface area contributed by atoms with Crippen LogP contribution in [0.15, 0.2) is 60.9 Å². The van der Waals surface area contributed by atoms with Gasteiger partial charge in [0.25, 0.3) is 5.91 Å². The van der Waals surface area contributed by atoms with Crippen molar-refractivity contribution in [2.24, 2.45) is 0 Å². The lowest BCUT2D eigenvalue weighted by molar-refractivity contribution is 0.0738. The van der Waals surface area contributed by atoms with Crippen molar-refractivity contribution in [3.05, 3.63) is 72.3 Å². The largest absolute Gasteiger partial charge is 0.497 e. The van der Waals surface area contributed by atoms with E-state index in [0.29, 0.717) is 17.1 Å². The Labute approximate surface area is 160 Å². The average molecular weight is 363 g/mol. The highest BCUT2D eigenvalue weighted by atomic mass is 16.5. The number of nitrogens with zero attached hydrogens (tertiary/aromatic N) is 3. The van der Waals surface area contributed by atoms with Gasteiger partial charge in [-0.1, -0.05) is 18.2 Å². The van der Waals surface area contributed by atoms with Gasteiger partial charge in [0, 0.05) is 12.4 Å². The van der Waals surface area contributed by atoms with Crippen molar-refractivity contribution in [1.82, 2.24) is 14.9 Å². The Kier molecular flexibility index (Phi) is 4.06. The minimum atomic E-state index is -2.00. The molecule has 2 aromatic carbocycles. The van der Waals surface area contributed by atoms with Gasteiger partial charge in [0.1, 0.15) is 23.9 Å². The van der Waals surface area contributed by atoms with Crippen molar-refractivity contribution in [3.8, 4) is 22.6 Å². The lowest BCUT2D eigenvalue weighted by Gasteiger charge is -2.19. The van der Waals surface area contributed by atoms with E-state index in [1.165, 1.54) is 0 Å². The Morgan fingerprint density at radius 2 is 1.89 bits per heavy atom. The first kappa shape index (κ1) is 14.7. The normalized spacial score (nSPS) is 16.5. The first-order chi connectivity index (χ1) is 14.0. The Morgan fingerprint density at radius 1 is 1.15 bits per heavy atom. The van der Waals surface area contributed by atoms with Crippen LogP contribution >= 0.6 is 0 Å². The molecule has 0 unspecified atom stereocenters. The molecule has 0 spiro atoms. The second-order valence-electron chi connectivity index (χ2n) is 5.94. The number of aromatic nitrogens is 2. The Hall–Kier alpha value is -3.41. The quantitative estimate of drug-likeness (QED) is 0.712. The van der Waals surface area contributed by atoms with Crippen molar-refractivity contribution >= 4 is 5.91 Å². The number of hydrogen-bond donors (Lipinski definition) is 0. The van der Waals surface area contributed by atoms with Crippen LogP contribution in [0, 0.1) is 0 Å². The molecule has 136 valence electrons. The van der Waals surface area contributed by atoms with Gasteiger partial charge in [0.15, 0.2) is 0 Å². The molecule has 4 rings (SSSR count). The van der Waals surface area contributed by atoms with Gasteiger partial charge in [-0.25, -0.2) is 9.97 Å². The standard InChI is InChI=1S/C21H19N3O3/c1-26-17-6-3-15(4-7-17)16-5-8-19-18(13-16)21(25)24(11-12-27-19)14-20-22-9-2-10-23-20/h2-10,13H,11-12,14H2,1H3/i11D2. The van der Waals surface area contributed by atoms with Gasteiger partial charge in [-0.15, -0.1) is 0 Å². The van der Waals surface area contributed by atoms with Gasteiger partial charge < -0.3 is 14.4 Å². The summed E-state index contributed by atoms with van der Waals surface area (Å²) in [5.74, 6) is 0.988. The van der Waals surface area contributed by atoms with Crippen LogP contribution in [0.3, 0.4) is 0 Å². The number of hydrogen-bond acceptors (Lipinski definition) is 5. The summed E-state index contributed by atoms with van der Waals surface area (Å²) in [6.45, 7) is -2.34. The van der Waals surface area contributed by atoms with E-state index in [9.17, 15) is 4.79 Å². The first-order valence-electron chi connectivity index (χ1n) is 9.47. The number of amides is 1. The van der Waals surface area contributed by atoms with Crippen molar-refractivity contribution < 1.29 is 17.0 Å². The van der Waals surface area contributed by atoms with Gasteiger partial charge in [-0.3, -0.25) is 4.79 Å². The van der Waals surface area contributed by atoms with Gasteiger partial charge in [0.2, 0.25) is 0 Å². The van der Waals surface area contributed by atoms with E-state index >= 15 is 0 Å². The van der Waals surface area contributed by atoms with E-state index in [-0.39, 0.29) is 13.2 Å². The number of rotatable bonds is 4. The summed E-state index contributed by atoms with van der Waals surface area (Å²) in [7, 11) is 1.60. The minimum absolute atomic E-state index is 0.0533. The third kappa shape index (κ3) is 3.60. The zero-order valence-electron chi connectivity index (χ0n) is 16.8. The third-order valence-electron chi connectivity index (χ3n) is 4.28. The summed E-state index contributed by atoms with van der Waals surface area (Å²) in [5, 5.41) is 0. The third-order valence-corrected chi connectivity index (χ3v) is 4.28. The van der Waals surface area contributed by atoms with Crippen LogP contribution in [0.5, 0.6) is 11.5 Å². The monoisotopic (exact) mass is 363 g/mol. The topological polar surface area (TPSA) is 64.6 Å². The van der Waals surface area contributed by atoms with E-state index in [0.717, 1.165) is 21.8 Å². The van der Waals surface area contributed by atoms with E-state index in [4.69, 9.17) is 12.2 Å². The highest BCUT2D eigenvalue weighted by Gasteiger charge is 2.24. The zero-order valence-corrected chi connectivity index (χ0v) is 14.8. The molecule has 0 fully saturated rings. The Morgan fingerprint density at radius 3 is 2.63 bits per heavy atom. The number of fused-ring (bicyclic) bond motifs is 1. The van der Waals surface area contributed by atoms with E-state index in [2.05, 4.69) is 9.97 Å². The number of benzene rings is 2. The molecule has 0 saturated heterocycles. The van der Waals surface area contributed by atoms with Crippen LogP contribution in [-0.2, 0) is 6.54 Å². The zero-order chi connectivity index (χ0) is 20.4. The van der Waals surface area contributed by atoms with Crippen LogP contribution in [0.25, 0.3) is 11.1 Å². The number of ether oxygens (including phenoxy) is 2. The highest BCUT2D eigenvalue weighted by molar-refractivity contribution is 5.98. The summed E-state index contributed by atoms with van der Waals surface area (Å²) in [6, 6.07) is 14.4. The lowest BCUT2D eigenvalue weighted by Crippen LogP contribution is -2.32. The maximum atomic E-state index is 13.3. The number of carbonyl (C=O) groups is 1. The molecule has 0 bridgehead atoms. The van der Waals surface area contributed by atoms with Gasteiger partial charge in [-0.05, 0) is 41.5 Å². The fourth-order valence-corrected chi connectivity index (χ4v) is 2.87. The molecule has 1 amide bonds. The molecule has 0 atom stereocenters. The molecule has 27 heavy (non-hydrogen) atoms. The molecule has 0 N–H and O–H groups in total. The molecule has 1 aromatic heterocycles. The summed E-state index contributed by atoms with van der Waals surface area (Å²) < 4.78 is 27.5. The summed E-state index contributed by atoms with van der Waals surface area (Å²) >= 11 is 0. The molecular weight excluding hydrogens is 342 g/mol. The van der Waals surface area contributed by atoms with Crippen LogP contribution in [0.1, 0.15) is 18.9 Å². The molecule has 2 heterocycles. The summed E-state index contributed by atoms with van der Waals surface area (Å²) in [4.78, 5) is 22.6. The smallest absolute Gasteiger partial charge is 0.258 e. The molecule has 0 radical (unpaired) electrons. The van der Waals surface area contributed by atoms with Crippen LogP contribution in [0.2, 0.25) is 0 Å². The number of carbonyl (C=O) groups excluding carboxylic acids is 1. The summed E-state index contributed by atoms with van der Waals surface area (Å²) in [6.07, 6.45) is 3.12. The van der Waals surface area contributed by atoms with E-state index in [1.54, 1.807) is 37.7 Å². The average Bonchev–Trinajstić information content (AvgIpc) is 2.84. The van der Waals surface area contributed by atoms with E-state index in [1.807, 2.05) is 30.3 Å². The Balaban J connectivity index is 1.71. The fourth-order valence-electron chi connectivity index (χ4n) is 2.87. The minimum Gasteiger partial charge on any atom is -0.497 e. The maximum absolute atomic E-state index is 13.3. The van der Waals surface area contributed by atoms with Crippen molar-refractivity contribution in [1.29, 1.82) is 0 Å². The molecule has 1 aliphatic heterocycles. The second-order valence-corrected chi connectivity index (χ2v) is 5.94. The van der Waals surface area contributed by atoms with Crippen LogP contribution in [-0.4, -0.2) is 41.0 Å². The molecule has 3 aromatic rings. The Bertz CT molecular complexity index is 1030. The highest BCUT2D eigenvalue weighted by Crippen LogP contribution is 2.30. The fraction of sp³-hybridized carbons (Fsp3) is 0.190. The molecule has 0 saturated carbocycles. The van der Waals surface area contributed by atoms with E-state index < -0.39 is 12.4 Å². The molecule has 0 aliphatic carbocycles. The second kappa shape index (κ2) is 7.45. The van der Waals surface area contributed by atoms with Crippen molar-refractivity contribution in [2.75, 3.05) is 20.2 Å². The number of methoxy groups -OCH3 is 1. The maximum Gasteiger partial charge on any atom is 0.258 e. The predicted octanol–water partition coefficient (Wildman–Crippen LogP) is 3.19. The SMILES string of the molecule is [2H]C1([2H])COc2ccc(-c3ccc(OC)cc3)cc2C(=O)N1Cc1ncccn1. The molecule has 6 heteroatoms. The van der Waals surface area contributed by atoms with Gasteiger partial charge in [-0.2, -0.15) is 0 Å². The van der Waals surface area contributed by atoms with Crippen LogP contribution in [0.4, 0.5) is 0 Å². The first-order valence-corrected chi connectivity index (χ1v) is 8.47.